The summed E-state index contributed by atoms with van der Waals surface area (Å²) >= 11 is 0. The minimum atomic E-state index is -0.297. The molecule has 1 aliphatic heterocycles. The van der Waals surface area contributed by atoms with Gasteiger partial charge >= 0.3 is 5.97 Å². The van der Waals surface area contributed by atoms with Crippen LogP contribution in [0.3, 0.4) is 0 Å². The van der Waals surface area contributed by atoms with Crippen molar-refractivity contribution in [2.75, 3.05) is 7.11 Å². The Labute approximate surface area is 142 Å². The number of carbonyl (C=O) groups is 1. The molecular formula is C21H21NO2. The fraction of sp³-hybridized carbons (Fsp3) is 0.286. The third-order valence-electron chi connectivity index (χ3n) is 4.91. The molecule has 0 amide bonds. The van der Waals surface area contributed by atoms with Gasteiger partial charge in [0.15, 0.2) is 0 Å². The molecule has 0 saturated carbocycles. The van der Waals surface area contributed by atoms with Crippen LogP contribution in [0.4, 0.5) is 0 Å². The van der Waals surface area contributed by atoms with E-state index in [4.69, 9.17) is 4.74 Å². The molecule has 0 spiro atoms. The van der Waals surface area contributed by atoms with Crippen LogP contribution < -0.4 is 5.32 Å². The predicted octanol–water partition coefficient (Wildman–Crippen LogP) is 4.10. The third kappa shape index (κ3) is 2.23. The van der Waals surface area contributed by atoms with Crippen LogP contribution in [0, 0.1) is 5.92 Å². The first-order chi connectivity index (χ1) is 11.4. The maximum absolute atomic E-state index is 11.8. The maximum atomic E-state index is 11.8. The Hall–Kier alpha value is -2.55. The summed E-state index contributed by atoms with van der Waals surface area (Å²) in [6.07, 6.45) is 9.03. The molecule has 1 unspecified atom stereocenters. The number of methoxy groups -OCH3 is 1. The van der Waals surface area contributed by atoms with Gasteiger partial charge in [-0.1, -0.05) is 23.8 Å². The maximum Gasteiger partial charge on any atom is 0.337 e. The van der Waals surface area contributed by atoms with Crippen LogP contribution in [0.1, 0.15) is 42.3 Å². The predicted molar refractivity (Wildman–Crippen MR) is 96.3 cm³/mol. The fourth-order valence-corrected chi connectivity index (χ4v) is 3.95. The zero-order valence-corrected chi connectivity index (χ0v) is 14.4. The Morgan fingerprint density at radius 2 is 2.04 bits per heavy atom. The van der Waals surface area contributed by atoms with Crippen LogP contribution >= 0.6 is 0 Å². The lowest BCUT2D eigenvalue weighted by Gasteiger charge is -2.38. The Morgan fingerprint density at radius 1 is 1.25 bits per heavy atom. The van der Waals surface area contributed by atoms with Crippen molar-refractivity contribution in [3.8, 4) is 0 Å². The summed E-state index contributed by atoms with van der Waals surface area (Å²) in [5.74, 6) is 0.00526. The van der Waals surface area contributed by atoms with Crippen molar-refractivity contribution >= 4 is 17.6 Å². The molecule has 2 aliphatic carbocycles. The molecule has 0 aromatic heterocycles. The van der Waals surface area contributed by atoms with Gasteiger partial charge < -0.3 is 10.1 Å². The number of hydrogen-bond acceptors (Lipinski definition) is 3. The summed E-state index contributed by atoms with van der Waals surface area (Å²) in [5.41, 5.74) is 7.91. The molecule has 3 heteroatoms. The SMILES string of the molecule is COC(=O)c1ccc2c(c1)C=C1C=C3NC(C)(C)C=C(C)C3C=C12. The first-order valence-corrected chi connectivity index (χ1v) is 8.24. The second-order valence-corrected chi connectivity index (χ2v) is 7.29. The van der Waals surface area contributed by atoms with Crippen molar-refractivity contribution in [3.63, 3.8) is 0 Å². The smallest absolute Gasteiger partial charge is 0.337 e. The van der Waals surface area contributed by atoms with Gasteiger partial charge in [0, 0.05) is 17.2 Å². The second-order valence-electron chi connectivity index (χ2n) is 7.29. The minimum absolute atomic E-state index is 0.0260. The zero-order valence-electron chi connectivity index (χ0n) is 14.4. The summed E-state index contributed by atoms with van der Waals surface area (Å²) < 4.78 is 4.83. The highest BCUT2D eigenvalue weighted by Gasteiger charge is 2.32. The lowest BCUT2D eigenvalue weighted by molar-refractivity contribution is 0.0600. The highest BCUT2D eigenvalue weighted by Crippen LogP contribution is 2.44. The fourth-order valence-electron chi connectivity index (χ4n) is 3.95. The van der Waals surface area contributed by atoms with Gasteiger partial charge in [-0.3, -0.25) is 0 Å². The lowest BCUT2D eigenvalue weighted by Crippen LogP contribution is -2.43. The largest absolute Gasteiger partial charge is 0.465 e. The molecule has 1 heterocycles. The van der Waals surface area contributed by atoms with Gasteiger partial charge in [0.05, 0.1) is 12.7 Å². The van der Waals surface area contributed by atoms with Gasteiger partial charge in [-0.2, -0.15) is 0 Å². The second kappa shape index (κ2) is 4.97. The summed E-state index contributed by atoms with van der Waals surface area (Å²) in [6.45, 7) is 6.57. The van der Waals surface area contributed by atoms with Crippen LogP contribution in [-0.4, -0.2) is 18.6 Å². The van der Waals surface area contributed by atoms with E-state index in [-0.39, 0.29) is 11.5 Å². The first kappa shape index (κ1) is 15.0. The normalized spacial score (nSPS) is 22.8. The van der Waals surface area contributed by atoms with Gasteiger partial charge in [0.1, 0.15) is 0 Å². The molecule has 3 aliphatic rings. The number of benzene rings is 1. The molecule has 3 nitrogen and oxygen atoms in total. The van der Waals surface area contributed by atoms with Crippen LogP contribution in [-0.2, 0) is 4.74 Å². The standard InChI is InChI=1S/C21H21NO2/c1-12-11-21(2,3)22-19-9-15-8-14-7-13(20(23)24-4)5-6-16(14)18(15)10-17(12)19/h5-11,17,22H,1-4H3. The average molecular weight is 319 g/mol. The first-order valence-electron chi connectivity index (χ1n) is 8.24. The van der Waals surface area contributed by atoms with E-state index < -0.39 is 0 Å². The number of allylic oxidation sites excluding steroid dienone is 4. The van der Waals surface area contributed by atoms with Crippen LogP contribution in [0.2, 0.25) is 0 Å². The Bertz CT molecular complexity index is 881. The Morgan fingerprint density at radius 3 is 2.79 bits per heavy atom. The summed E-state index contributed by atoms with van der Waals surface area (Å²) in [6, 6.07) is 5.77. The van der Waals surface area contributed by atoms with E-state index in [1.54, 1.807) is 0 Å². The van der Waals surface area contributed by atoms with Crippen LogP contribution in [0.25, 0.3) is 11.6 Å². The van der Waals surface area contributed by atoms with Gasteiger partial charge in [0.2, 0.25) is 0 Å². The van der Waals surface area contributed by atoms with Gasteiger partial charge in [-0.25, -0.2) is 4.79 Å². The van der Waals surface area contributed by atoms with Crippen LogP contribution in [0.15, 0.2) is 53.3 Å². The van der Waals surface area contributed by atoms with Crippen molar-refractivity contribution < 1.29 is 9.53 Å². The van der Waals surface area contributed by atoms with Crippen molar-refractivity contribution in [2.45, 2.75) is 26.3 Å². The molecule has 0 radical (unpaired) electrons. The number of carbonyl (C=O) groups excluding carboxylic acids is 1. The Kier molecular flexibility index (Phi) is 3.11. The number of hydrogen-bond donors (Lipinski definition) is 1. The highest BCUT2D eigenvalue weighted by molar-refractivity contribution is 6.00. The van der Waals surface area contributed by atoms with Gasteiger partial charge in [0.25, 0.3) is 0 Å². The third-order valence-corrected chi connectivity index (χ3v) is 4.91. The molecule has 122 valence electrons. The van der Waals surface area contributed by atoms with Gasteiger partial charge in [-0.05, 0) is 67.3 Å². The number of esters is 1. The lowest BCUT2D eigenvalue weighted by atomic mass is 9.80. The van der Waals surface area contributed by atoms with Crippen molar-refractivity contribution in [1.82, 2.24) is 5.32 Å². The van der Waals surface area contributed by atoms with E-state index in [2.05, 4.69) is 50.4 Å². The molecule has 0 saturated heterocycles. The number of rotatable bonds is 1. The molecule has 1 aromatic carbocycles. The van der Waals surface area contributed by atoms with E-state index in [9.17, 15) is 4.79 Å². The monoisotopic (exact) mass is 319 g/mol. The molecule has 1 N–H and O–H groups in total. The van der Waals surface area contributed by atoms with E-state index in [1.807, 2.05) is 18.2 Å². The van der Waals surface area contributed by atoms with Crippen LogP contribution in [0.5, 0.6) is 0 Å². The van der Waals surface area contributed by atoms with E-state index in [0.717, 1.165) is 5.56 Å². The minimum Gasteiger partial charge on any atom is -0.465 e. The topological polar surface area (TPSA) is 38.3 Å². The van der Waals surface area contributed by atoms with Crippen molar-refractivity contribution in [3.05, 3.63) is 70.0 Å². The average Bonchev–Trinajstić information content (AvgIpc) is 2.87. The molecular weight excluding hydrogens is 298 g/mol. The molecule has 4 rings (SSSR count). The number of fused-ring (bicyclic) bond motifs is 4. The molecule has 1 atom stereocenters. The van der Waals surface area contributed by atoms with E-state index in [0.29, 0.717) is 11.5 Å². The summed E-state index contributed by atoms with van der Waals surface area (Å²) in [5, 5.41) is 3.63. The number of nitrogens with one attached hydrogen (secondary N) is 1. The van der Waals surface area contributed by atoms with Crippen molar-refractivity contribution in [1.29, 1.82) is 0 Å². The molecule has 24 heavy (non-hydrogen) atoms. The zero-order chi connectivity index (χ0) is 17.1. The summed E-state index contributed by atoms with van der Waals surface area (Å²) in [4.78, 5) is 11.8. The highest BCUT2D eigenvalue weighted by atomic mass is 16.5. The Balaban J connectivity index is 1.80. The summed E-state index contributed by atoms with van der Waals surface area (Å²) in [7, 11) is 1.41. The molecule has 1 aromatic rings. The van der Waals surface area contributed by atoms with E-state index in [1.165, 1.54) is 35.1 Å². The number of ether oxygens (including phenoxy) is 1. The van der Waals surface area contributed by atoms with Gasteiger partial charge in [-0.15, -0.1) is 0 Å². The molecule has 0 fully saturated rings. The molecule has 0 bridgehead atoms. The quantitative estimate of drug-likeness (QED) is 0.626. The van der Waals surface area contributed by atoms with E-state index >= 15 is 0 Å². The van der Waals surface area contributed by atoms with Crippen molar-refractivity contribution in [2.24, 2.45) is 5.92 Å².